The van der Waals surface area contributed by atoms with Crippen molar-refractivity contribution in [3.05, 3.63) is 65.2 Å². The smallest absolute Gasteiger partial charge is 0.150 e. The van der Waals surface area contributed by atoms with Crippen LogP contribution in [-0.2, 0) is 4.74 Å². The van der Waals surface area contributed by atoms with Gasteiger partial charge in [-0.2, -0.15) is 5.26 Å². The Morgan fingerprint density at radius 1 is 1.13 bits per heavy atom. The molecule has 2 aromatic carbocycles. The number of nitriles is 1. The molecule has 1 heterocycles. The fraction of sp³-hybridized carbons (Fsp3) is 0.278. The number of halogens is 2. The lowest BCUT2D eigenvalue weighted by Gasteiger charge is -2.38. The highest BCUT2D eigenvalue weighted by Gasteiger charge is 2.29. The molecule has 2 unspecified atom stereocenters. The fourth-order valence-corrected chi connectivity index (χ4v) is 2.92. The molecule has 3 nitrogen and oxygen atoms in total. The number of nitrogens with zero attached hydrogens (tertiary/aromatic N) is 2. The molecule has 0 bridgehead atoms. The molecule has 23 heavy (non-hydrogen) atoms. The topological polar surface area (TPSA) is 36.3 Å². The molecule has 0 N–H and O–H groups in total. The molecule has 1 fully saturated rings. The lowest BCUT2D eigenvalue weighted by atomic mass is 10.1. The predicted octanol–water partition coefficient (Wildman–Crippen LogP) is 3.80. The Labute approximate surface area is 133 Å². The van der Waals surface area contributed by atoms with Crippen molar-refractivity contribution in [3.63, 3.8) is 0 Å². The van der Waals surface area contributed by atoms with E-state index >= 15 is 0 Å². The number of ether oxygens (including phenoxy) is 1. The van der Waals surface area contributed by atoms with Gasteiger partial charge in [0.1, 0.15) is 11.8 Å². The number of hydrogen-bond donors (Lipinski definition) is 0. The van der Waals surface area contributed by atoms with E-state index in [4.69, 9.17) is 10.00 Å². The van der Waals surface area contributed by atoms with Gasteiger partial charge in [0, 0.05) is 13.1 Å². The van der Waals surface area contributed by atoms with Crippen LogP contribution in [0.3, 0.4) is 0 Å². The summed E-state index contributed by atoms with van der Waals surface area (Å²) in [5.74, 6) is -1.44. The second-order valence-corrected chi connectivity index (χ2v) is 5.65. The summed E-state index contributed by atoms with van der Waals surface area (Å²) in [7, 11) is 0. The van der Waals surface area contributed by atoms with Gasteiger partial charge in [-0.25, -0.2) is 8.78 Å². The summed E-state index contributed by atoms with van der Waals surface area (Å²) in [5, 5.41) is 8.80. The highest BCUT2D eigenvalue weighted by molar-refractivity contribution is 5.53. The van der Waals surface area contributed by atoms with Crippen LogP contribution < -0.4 is 4.90 Å². The average Bonchev–Trinajstić information content (AvgIpc) is 2.54. The SMILES string of the molecule is CC1CN(c2c(F)cc(C#N)cc2F)CC(c2ccccc2)O1. The summed E-state index contributed by atoms with van der Waals surface area (Å²) in [5.41, 5.74) is 0.850. The minimum Gasteiger partial charge on any atom is -0.367 e. The van der Waals surface area contributed by atoms with Crippen LogP contribution in [0.1, 0.15) is 24.2 Å². The first-order chi connectivity index (χ1) is 11.1. The molecule has 5 heteroatoms. The van der Waals surface area contributed by atoms with E-state index < -0.39 is 11.6 Å². The summed E-state index contributed by atoms with van der Waals surface area (Å²) in [6.07, 6.45) is -0.419. The van der Waals surface area contributed by atoms with Crippen molar-refractivity contribution in [1.82, 2.24) is 0 Å². The second-order valence-electron chi connectivity index (χ2n) is 5.65. The summed E-state index contributed by atoms with van der Waals surface area (Å²) < 4.78 is 34.4. The Hall–Kier alpha value is -2.45. The van der Waals surface area contributed by atoms with Gasteiger partial charge >= 0.3 is 0 Å². The van der Waals surface area contributed by atoms with Gasteiger partial charge in [-0.3, -0.25) is 0 Å². The van der Waals surface area contributed by atoms with E-state index in [9.17, 15) is 8.78 Å². The van der Waals surface area contributed by atoms with Crippen LogP contribution in [0.2, 0.25) is 0 Å². The quantitative estimate of drug-likeness (QED) is 0.846. The fourth-order valence-electron chi connectivity index (χ4n) is 2.92. The van der Waals surface area contributed by atoms with Gasteiger partial charge in [0.15, 0.2) is 11.6 Å². The van der Waals surface area contributed by atoms with Gasteiger partial charge in [-0.1, -0.05) is 30.3 Å². The maximum absolute atomic E-state index is 14.3. The molecule has 0 spiro atoms. The molecule has 0 aliphatic carbocycles. The third-order valence-corrected chi connectivity index (χ3v) is 3.89. The zero-order valence-electron chi connectivity index (χ0n) is 12.7. The molecule has 1 aliphatic heterocycles. The molecular formula is C18H16F2N2O. The minimum atomic E-state index is -0.720. The molecule has 0 saturated carbocycles. The standard InChI is InChI=1S/C18H16F2N2O/c1-12-10-22(11-17(23-12)14-5-3-2-4-6-14)18-15(19)7-13(9-21)8-16(18)20/h2-8,12,17H,10-11H2,1H3. The third-order valence-electron chi connectivity index (χ3n) is 3.89. The molecule has 2 atom stereocenters. The summed E-state index contributed by atoms with van der Waals surface area (Å²) in [6, 6.07) is 13.5. The van der Waals surface area contributed by atoms with Crippen LogP contribution in [0.4, 0.5) is 14.5 Å². The van der Waals surface area contributed by atoms with Crippen molar-refractivity contribution in [2.45, 2.75) is 19.1 Å². The van der Waals surface area contributed by atoms with Gasteiger partial charge in [0.25, 0.3) is 0 Å². The highest BCUT2D eigenvalue weighted by atomic mass is 19.1. The number of rotatable bonds is 2. The maximum atomic E-state index is 14.3. The van der Waals surface area contributed by atoms with Crippen molar-refractivity contribution in [3.8, 4) is 6.07 Å². The molecule has 1 saturated heterocycles. The number of hydrogen-bond acceptors (Lipinski definition) is 3. The first kappa shape index (κ1) is 15.4. The summed E-state index contributed by atoms with van der Waals surface area (Å²) in [4.78, 5) is 1.65. The Balaban J connectivity index is 1.93. The monoisotopic (exact) mass is 314 g/mol. The molecule has 2 aromatic rings. The van der Waals surface area contributed by atoms with Gasteiger partial charge in [0.05, 0.1) is 17.7 Å². The van der Waals surface area contributed by atoms with Crippen molar-refractivity contribution in [2.75, 3.05) is 18.0 Å². The van der Waals surface area contributed by atoms with Crippen molar-refractivity contribution in [1.29, 1.82) is 5.26 Å². The lowest BCUT2D eigenvalue weighted by molar-refractivity contribution is -0.0177. The Kier molecular flexibility index (Phi) is 4.26. The van der Waals surface area contributed by atoms with Crippen molar-refractivity contribution in [2.24, 2.45) is 0 Å². The molecular weight excluding hydrogens is 298 g/mol. The van der Waals surface area contributed by atoms with Gasteiger partial charge < -0.3 is 9.64 Å². The van der Waals surface area contributed by atoms with E-state index in [-0.39, 0.29) is 23.5 Å². The van der Waals surface area contributed by atoms with Crippen molar-refractivity contribution < 1.29 is 13.5 Å². The van der Waals surface area contributed by atoms with Gasteiger partial charge in [-0.15, -0.1) is 0 Å². The maximum Gasteiger partial charge on any atom is 0.150 e. The summed E-state index contributed by atoms with van der Waals surface area (Å²) >= 11 is 0. The minimum absolute atomic E-state index is 0.0235. The molecule has 0 radical (unpaired) electrons. The van der Waals surface area contributed by atoms with Crippen LogP contribution in [0, 0.1) is 23.0 Å². The van der Waals surface area contributed by atoms with E-state index in [2.05, 4.69) is 0 Å². The van der Waals surface area contributed by atoms with E-state index in [1.807, 2.05) is 37.3 Å². The van der Waals surface area contributed by atoms with Gasteiger partial charge in [0.2, 0.25) is 0 Å². The number of morpholine rings is 1. The largest absolute Gasteiger partial charge is 0.367 e. The Morgan fingerprint density at radius 3 is 2.39 bits per heavy atom. The Morgan fingerprint density at radius 2 is 1.78 bits per heavy atom. The van der Waals surface area contributed by atoms with Crippen LogP contribution in [0.25, 0.3) is 0 Å². The molecule has 1 aliphatic rings. The highest BCUT2D eigenvalue weighted by Crippen LogP contribution is 2.32. The normalized spacial score (nSPS) is 21.0. The molecule has 0 amide bonds. The lowest BCUT2D eigenvalue weighted by Crippen LogP contribution is -2.43. The first-order valence-electron chi connectivity index (χ1n) is 7.43. The second kappa shape index (κ2) is 6.35. The van der Waals surface area contributed by atoms with E-state index in [1.54, 1.807) is 11.0 Å². The van der Waals surface area contributed by atoms with Crippen LogP contribution in [0.5, 0.6) is 0 Å². The van der Waals surface area contributed by atoms with Crippen LogP contribution in [-0.4, -0.2) is 19.2 Å². The average molecular weight is 314 g/mol. The van der Waals surface area contributed by atoms with E-state index in [0.717, 1.165) is 17.7 Å². The van der Waals surface area contributed by atoms with Gasteiger partial charge in [-0.05, 0) is 24.6 Å². The number of benzene rings is 2. The van der Waals surface area contributed by atoms with E-state index in [1.165, 1.54) is 0 Å². The van der Waals surface area contributed by atoms with Crippen LogP contribution in [0.15, 0.2) is 42.5 Å². The zero-order chi connectivity index (χ0) is 16.4. The Bertz CT molecular complexity index is 719. The predicted molar refractivity (Wildman–Crippen MR) is 83.0 cm³/mol. The summed E-state index contributed by atoms with van der Waals surface area (Å²) in [6.45, 7) is 2.62. The van der Waals surface area contributed by atoms with Crippen molar-refractivity contribution >= 4 is 5.69 Å². The third kappa shape index (κ3) is 3.17. The zero-order valence-corrected chi connectivity index (χ0v) is 12.7. The molecule has 0 aromatic heterocycles. The molecule has 118 valence electrons. The number of anilines is 1. The first-order valence-corrected chi connectivity index (χ1v) is 7.43. The van der Waals surface area contributed by atoms with Crippen LogP contribution >= 0.6 is 0 Å². The molecule has 3 rings (SSSR count). The van der Waals surface area contributed by atoms with E-state index in [0.29, 0.717) is 13.1 Å².